The molecule has 0 amide bonds. The zero-order valence-electron chi connectivity index (χ0n) is 29.8. The number of hydrogen-bond acceptors (Lipinski definition) is 3. The number of fused-ring (bicyclic) bond motifs is 10. The first-order chi connectivity index (χ1) is 22.8. The maximum Gasteiger partial charge on any atom is 0.178 e. The molecule has 1 saturated carbocycles. The van der Waals surface area contributed by atoms with Crippen LogP contribution in [0.25, 0.3) is 28.0 Å². The van der Waals surface area contributed by atoms with Gasteiger partial charge in [-0.25, -0.2) is 0 Å². The largest absolute Gasteiger partial charge is 0.497 e. The SMILES string of the molecule is COc1ccc(C2(c3ccc(C)cc3)C=Cc3c4c(c5cc(C)c(OC)cc5c3O2)-c2ccc(C)cc2C42CC(C)(C)C(C)(C)C2)cc1. The van der Waals surface area contributed by atoms with Gasteiger partial charge in [-0.2, -0.15) is 0 Å². The molecule has 0 bridgehead atoms. The first-order valence-corrected chi connectivity index (χ1v) is 17.2. The first-order valence-electron chi connectivity index (χ1n) is 17.2. The lowest BCUT2D eigenvalue weighted by atomic mass is 9.71. The van der Waals surface area contributed by atoms with Crippen LogP contribution in [-0.4, -0.2) is 14.2 Å². The van der Waals surface area contributed by atoms with Crippen LogP contribution in [0.1, 0.15) is 85.0 Å². The Kier molecular flexibility index (Phi) is 6.58. The summed E-state index contributed by atoms with van der Waals surface area (Å²) in [6.07, 6.45) is 6.84. The monoisotopic (exact) mass is 634 g/mol. The van der Waals surface area contributed by atoms with Crippen LogP contribution in [0, 0.1) is 31.6 Å². The van der Waals surface area contributed by atoms with E-state index < -0.39 is 5.60 Å². The normalized spacial score (nSPS) is 20.7. The van der Waals surface area contributed by atoms with Crippen LogP contribution < -0.4 is 14.2 Å². The van der Waals surface area contributed by atoms with Gasteiger partial charge in [-0.15, -0.1) is 0 Å². The van der Waals surface area contributed by atoms with E-state index in [0.29, 0.717) is 0 Å². The van der Waals surface area contributed by atoms with Gasteiger partial charge in [0.1, 0.15) is 17.2 Å². The molecular formula is C45H46O3. The third kappa shape index (κ3) is 4.12. The number of ether oxygens (including phenoxy) is 3. The second-order valence-electron chi connectivity index (χ2n) is 15.9. The van der Waals surface area contributed by atoms with Gasteiger partial charge in [-0.05, 0) is 108 Å². The fourth-order valence-electron chi connectivity index (χ4n) is 9.21. The summed E-state index contributed by atoms with van der Waals surface area (Å²) < 4.78 is 19.2. The van der Waals surface area contributed by atoms with Gasteiger partial charge in [-0.1, -0.05) is 99.5 Å². The second-order valence-corrected chi connectivity index (χ2v) is 15.9. The van der Waals surface area contributed by atoms with Crippen molar-refractivity contribution in [1.29, 1.82) is 0 Å². The minimum atomic E-state index is -0.838. The van der Waals surface area contributed by atoms with Crippen molar-refractivity contribution in [2.24, 2.45) is 10.8 Å². The molecule has 2 aliphatic carbocycles. The van der Waals surface area contributed by atoms with Crippen molar-refractivity contribution in [1.82, 2.24) is 0 Å². The van der Waals surface area contributed by atoms with Gasteiger partial charge >= 0.3 is 0 Å². The maximum atomic E-state index is 7.63. The quantitative estimate of drug-likeness (QED) is 0.197. The molecule has 3 nitrogen and oxygen atoms in total. The van der Waals surface area contributed by atoms with E-state index in [1.54, 1.807) is 14.2 Å². The molecule has 5 aromatic rings. The molecule has 3 aliphatic rings. The van der Waals surface area contributed by atoms with E-state index >= 15 is 0 Å². The standard InChI is InChI=1S/C45H46O3/c1-27-10-13-30(14-11-27)45(31-15-17-32(46-8)18-16-31)21-20-34-40-39(35-23-29(3)38(47-9)24-36(35)41(34)48-45)33-19-12-28(2)22-37(33)44(40)25-42(4,5)43(6,7)26-44/h10-24H,25-26H2,1-9H3. The van der Waals surface area contributed by atoms with Gasteiger partial charge in [0.2, 0.25) is 0 Å². The summed E-state index contributed by atoms with van der Waals surface area (Å²) in [7, 11) is 3.47. The molecule has 0 saturated heterocycles. The highest BCUT2D eigenvalue weighted by Crippen LogP contribution is 2.70. The lowest BCUT2D eigenvalue weighted by molar-refractivity contribution is 0.157. The highest BCUT2D eigenvalue weighted by molar-refractivity contribution is 6.09. The Morgan fingerprint density at radius 1 is 0.667 bits per heavy atom. The Bertz CT molecular complexity index is 2130. The Hall–Kier alpha value is -4.50. The molecule has 0 radical (unpaired) electrons. The molecule has 1 aliphatic heterocycles. The summed E-state index contributed by atoms with van der Waals surface area (Å²) in [4.78, 5) is 0. The van der Waals surface area contributed by atoms with Crippen LogP contribution in [0.4, 0.5) is 0 Å². The van der Waals surface area contributed by atoms with Crippen molar-refractivity contribution in [2.75, 3.05) is 14.2 Å². The average molecular weight is 635 g/mol. The van der Waals surface area contributed by atoms with Crippen molar-refractivity contribution in [3.63, 3.8) is 0 Å². The molecule has 3 heteroatoms. The van der Waals surface area contributed by atoms with Crippen LogP contribution in [-0.2, 0) is 11.0 Å². The van der Waals surface area contributed by atoms with Gasteiger partial charge in [0.25, 0.3) is 0 Å². The van der Waals surface area contributed by atoms with Gasteiger partial charge in [0.05, 0.1) is 14.2 Å². The average Bonchev–Trinajstić information content (AvgIpc) is 3.44. The van der Waals surface area contributed by atoms with E-state index in [1.807, 2.05) is 12.1 Å². The summed E-state index contributed by atoms with van der Waals surface area (Å²) in [5.74, 6) is 2.61. The third-order valence-corrected chi connectivity index (χ3v) is 12.3. The summed E-state index contributed by atoms with van der Waals surface area (Å²) in [5, 5.41) is 2.31. The zero-order valence-corrected chi connectivity index (χ0v) is 29.8. The van der Waals surface area contributed by atoms with Gasteiger partial charge in [-0.3, -0.25) is 0 Å². The predicted molar refractivity (Wildman–Crippen MR) is 198 cm³/mol. The number of aryl methyl sites for hydroxylation is 3. The molecular weight excluding hydrogens is 588 g/mol. The third-order valence-electron chi connectivity index (χ3n) is 12.3. The molecule has 5 aromatic carbocycles. The van der Waals surface area contributed by atoms with Crippen molar-refractivity contribution >= 4 is 16.8 Å². The minimum absolute atomic E-state index is 0.131. The van der Waals surface area contributed by atoms with Crippen LogP contribution in [0.15, 0.2) is 84.9 Å². The molecule has 1 heterocycles. The van der Waals surface area contributed by atoms with Crippen LogP contribution in [0.3, 0.4) is 0 Å². The molecule has 48 heavy (non-hydrogen) atoms. The molecule has 8 rings (SSSR count). The highest BCUT2D eigenvalue weighted by Gasteiger charge is 2.60. The van der Waals surface area contributed by atoms with E-state index in [-0.39, 0.29) is 16.2 Å². The number of methoxy groups -OCH3 is 2. The Balaban J connectivity index is 1.49. The van der Waals surface area contributed by atoms with Crippen LogP contribution in [0.2, 0.25) is 0 Å². The van der Waals surface area contributed by atoms with Crippen molar-refractivity contribution in [3.05, 3.63) is 129 Å². The number of benzene rings is 5. The molecule has 1 atom stereocenters. The lowest BCUT2D eigenvalue weighted by Gasteiger charge is -2.39. The van der Waals surface area contributed by atoms with Gasteiger partial charge in [0, 0.05) is 27.5 Å². The molecule has 0 N–H and O–H groups in total. The predicted octanol–water partition coefficient (Wildman–Crippen LogP) is 11.2. The van der Waals surface area contributed by atoms with Gasteiger partial charge in [0.15, 0.2) is 5.60 Å². The van der Waals surface area contributed by atoms with E-state index in [9.17, 15) is 0 Å². The molecule has 244 valence electrons. The smallest absolute Gasteiger partial charge is 0.178 e. The maximum absolute atomic E-state index is 7.63. The molecule has 1 fully saturated rings. The second kappa shape index (κ2) is 10.3. The fourth-order valence-corrected chi connectivity index (χ4v) is 9.21. The Morgan fingerprint density at radius 3 is 1.92 bits per heavy atom. The Labute approximate surface area is 285 Å². The molecule has 0 aromatic heterocycles. The summed E-state index contributed by atoms with van der Waals surface area (Å²) >= 11 is 0. The summed E-state index contributed by atoms with van der Waals surface area (Å²) in [5.41, 5.74) is 11.9. The topological polar surface area (TPSA) is 27.7 Å². The Morgan fingerprint density at radius 2 is 1.29 bits per heavy atom. The fraction of sp³-hybridized carbons (Fsp3) is 0.333. The number of hydrogen-bond donors (Lipinski definition) is 0. The van der Waals surface area contributed by atoms with Crippen molar-refractivity contribution in [3.8, 4) is 28.4 Å². The molecule has 1 unspecified atom stereocenters. The first kappa shape index (κ1) is 30.8. The van der Waals surface area contributed by atoms with Crippen molar-refractivity contribution in [2.45, 2.75) is 72.3 Å². The van der Waals surface area contributed by atoms with Crippen LogP contribution >= 0.6 is 0 Å². The van der Waals surface area contributed by atoms with Crippen LogP contribution in [0.5, 0.6) is 17.2 Å². The zero-order chi connectivity index (χ0) is 33.8. The van der Waals surface area contributed by atoms with E-state index in [4.69, 9.17) is 14.2 Å². The van der Waals surface area contributed by atoms with E-state index in [2.05, 4.69) is 127 Å². The number of rotatable bonds is 4. The van der Waals surface area contributed by atoms with Gasteiger partial charge < -0.3 is 14.2 Å². The minimum Gasteiger partial charge on any atom is -0.497 e. The summed E-state index contributed by atoms with van der Waals surface area (Å²) in [6.45, 7) is 16.4. The molecule has 1 spiro atoms. The summed E-state index contributed by atoms with van der Waals surface area (Å²) in [6, 6.07) is 28.8. The highest BCUT2D eigenvalue weighted by atomic mass is 16.5. The van der Waals surface area contributed by atoms with E-state index in [1.165, 1.54) is 44.3 Å². The van der Waals surface area contributed by atoms with Crippen molar-refractivity contribution < 1.29 is 14.2 Å². The lowest BCUT2D eigenvalue weighted by Crippen LogP contribution is -2.35. The van der Waals surface area contributed by atoms with E-state index in [0.717, 1.165) is 52.2 Å².